The van der Waals surface area contributed by atoms with Crippen LogP contribution in [0.3, 0.4) is 0 Å². The first-order chi connectivity index (χ1) is 8.61. The van der Waals surface area contributed by atoms with E-state index in [9.17, 15) is 0 Å². The summed E-state index contributed by atoms with van der Waals surface area (Å²) in [4.78, 5) is 7.31. The molecule has 1 aromatic carbocycles. The Kier molecular flexibility index (Phi) is 5.98. The number of hydrogen-bond acceptors (Lipinski definition) is 2. The van der Waals surface area contributed by atoms with Gasteiger partial charge in [0, 0.05) is 11.9 Å². The summed E-state index contributed by atoms with van der Waals surface area (Å²) in [5.41, 5.74) is 2.43. The van der Waals surface area contributed by atoms with Gasteiger partial charge in [0.15, 0.2) is 0 Å². The lowest BCUT2D eigenvalue weighted by Gasteiger charge is -1.91. The van der Waals surface area contributed by atoms with Crippen molar-refractivity contribution in [2.24, 2.45) is 0 Å². The number of aryl methyl sites for hydroxylation is 3. The van der Waals surface area contributed by atoms with Crippen molar-refractivity contribution in [2.45, 2.75) is 40.0 Å². The molecule has 0 fully saturated rings. The number of rotatable bonds is 3. The minimum atomic E-state index is 0.329. The zero-order valence-electron chi connectivity index (χ0n) is 11.4. The van der Waals surface area contributed by atoms with E-state index in [0.717, 1.165) is 12.2 Å². The average molecular weight is 246 g/mol. The maximum Gasteiger partial charge on any atom is 0.115 e. The first-order valence-corrected chi connectivity index (χ1v) is 6.38. The molecule has 2 rings (SSSR count). The van der Waals surface area contributed by atoms with Crippen molar-refractivity contribution in [1.29, 1.82) is 0 Å². The molecule has 98 valence electrons. The van der Waals surface area contributed by atoms with E-state index in [0.29, 0.717) is 5.75 Å². The molecule has 0 saturated heterocycles. The summed E-state index contributed by atoms with van der Waals surface area (Å²) < 4.78 is 0. The first kappa shape index (κ1) is 14.3. The van der Waals surface area contributed by atoms with Crippen molar-refractivity contribution in [1.82, 2.24) is 9.97 Å². The molecule has 0 saturated carbocycles. The van der Waals surface area contributed by atoms with Gasteiger partial charge in [-0.1, -0.05) is 31.0 Å². The molecule has 0 atom stereocenters. The predicted octanol–water partition coefficient (Wildman–Crippen LogP) is 3.76. The Hall–Kier alpha value is -1.77. The Bertz CT molecular complexity index is 425. The van der Waals surface area contributed by atoms with Crippen molar-refractivity contribution in [3.8, 4) is 5.75 Å². The lowest BCUT2D eigenvalue weighted by Crippen LogP contribution is -1.83. The van der Waals surface area contributed by atoms with Crippen molar-refractivity contribution in [2.75, 3.05) is 0 Å². The Morgan fingerprint density at radius 1 is 1.17 bits per heavy atom. The van der Waals surface area contributed by atoms with Crippen LogP contribution in [0.1, 0.15) is 36.8 Å². The fraction of sp³-hybridized carbons (Fsp3) is 0.400. The predicted molar refractivity (Wildman–Crippen MR) is 74.8 cm³/mol. The van der Waals surface area contributed by atoms with E-state index in [4.69, 9.17) is 5.11 Å². The smallest absolute Gasteiger partial charge is 0.115 e. The standard InChI is InChI=1S/C8H14N2.C7H8O/c1-3-4-5-8-6-9-7(2)10-8;1-6-2-4-7(8)5-3-6/h6H,3-5H2,1-2H3,(H,9,10);2-5,8H,1H3. The molecular weight excluding hydrogens is 224 g/mol. The van der Waals surface area contributed by atoms with Crippen molar-refractivity contribution < 1.29 is 5.11 Å². The Morgan fingerprint density at radius 2 is 1.83 bits per heavy atom. The van der Waals surface area contributed by atoms with E-state index in [1.54, 1.807) is 12.1 Å². The Morgan fingerprint density at radius 3 is 2.28 bits per heavy atom. The van der Waals surface area contributed by atoms with Crippen LogP contribution in [0.4, 0.5) is 0 Å². The van der Waals surface area contributed by atoms with E-state index in [2.05, 4.69) is 16.9 Å². The quantitative estimate of drug-likeness (QED) is 0.866. The van der Waals surface area contributed by atoms with E-state index in [1.807, 2.05) is 32.2 Å². The summed E-state index contributed by atoms with van der Waals surface area (Å²) in [6.07, 6.45) is 5.56. The van der Waals surface area contributed by atoms with Gasteiger partial charge in [-0.3, -0.25) is 0 Å². The number of nitrogens with one attached hydrogen (secondary N) is 1. The molecule has 0 spiro atoms. The molecule has 0 aliphatic carbocycles. The number of phenols is 1. The number of aromatic hydroxyl groups is 1. The molecule has 0 aliphatic rings. The zero-order chi connectivity index (χ0) is 13.4. The van der Waals surface area contributed by atoms with Crippen LogP contribution in [0, 0.1) is 13.8 Å². The number of nitrogens with zero attached hydrogens (tertiary/aromatic N) is 1. The van der Waals surface area contributed by atoms with Gasteiger partial charge in [0.1, 0.15) is 11.6 Å². The van der Waals surface area contributed by atoms with Gasteiger partial charge in [0.05, 0.1) is 0 Å². The summed E-state index contributed by atoms with van der Waals surface area (Å²) in [7, 11) is 0. The third-order valence-corrected chi connectivity index (χ3v) is 2.59. The van der Waals surface area contributed by atoms with Gasteiger partial charge in [-0.25, -0.2) is 4.98 Å². The molecule has 3 heteroatoms. The number of unbranched alkanes of at least 4 members (excludes halogenated alkanes) is 1. The van der Waals surface area contributed by atoms with Gasteiger partial charge < -0.3 is 10.1 Å². The Labute approximate surface area is 109 Å². The number of phenolic OH excluding ortho intramolecular Hbond substituents is 1. The van der Waals surface area contributed by atoms with Crippen LogP contribution < -0.4 is 0 Å². The highest BCUT2D eigenvalue weighted by Gasteiger charge is 1.93. The number of aromatic amines is 1. The normalized spacial score (nSPS) is 9.72. The third-order valence-electron chi connectivity index (χ3n) is 2.59. The summed E-state index contributed by atoms with van der Waals surface area (Å²) >= 11 is 0. The molecule has 0 unspecified atom stereocenters. The molecule has 0 radical (unpaired) electrons. The minimum absolute atomic E-state index is 0.329. The molecule has 2 N–H and O–H groups in total. The van der Waals surface area contributed by atoms with Gasteiger partial charge in [-0.05, 0) is 38.8 Å². The molecule has 0 bridgehead atoms. The maximum absolute atomic E-state index is 8.76. The maximum atomic E-state index is 8.76. The van der Waals surface area contributed by atoms with E-state index in [-0.39, 0.29) is 0 Å². The molecule has 18 heavy (non-hydrogen) atoms. The Balaban J connectivity index is 0.000000184. The van der Waals surface area contributed by atoms with Crippen LogP contribution in [0.15, 0.2) is 30.5 Å². The first-order valence-electron chi connectivity index (χ1n) is 6.38. The van der Waals surface area contributed by atoms with Gasteiger partial charge in [-0.15, -0.1) is 0 Å². The number of aromatic nitrogens is 2. The van der Waals surface area contributed by atoms with Gasteiger partial charge in [0.2, 0.25) is 0 Å². The summed E-state index contributed by atoms with van der Waals surface area (Å²) in [6, 6.07) is 7.09. The fourth-order valence-corrected chi connectivity index (χ4v) is 1.51. The minimum Gasteiger partial charge on any atom is -0.508 e. The van der Waals surface area contributed by atoms with E-state index < -0.39 is 0 Å². The lowest BCUT2D eigenvalue weighted by molar-refractivity contribution is 0.475. The topological polar surface area (TPSA) is 48.9 Å². The second-order valence-corrected chi connectivity index (χ2v) is 4.43. The van der Waals surface area contributed by atoms with Crippen LogP contribution in [0.5, 0.6) is 5.75 Å². The lowest BCUT2D eigenvalue weighted by atomic mass is 10.2. The molecular formula is C15H22N2O. The van der Waals surface area contributed by atoms with Crippen LogP contribution in [-0.2, 0) is 6.42 Å². The summed E-state index contributed by atoms with van der Waals surface area (Å²) in [6.45, 7) is 6.16. The molecule has 1 heterocycles. The van der Waals surface area contributed by atoms with Gasteiger partial charge >= 0.3 is 0 Å². The fourth-order valence-electron chi connectivity index (χ4n) is 1.51. The molecule has 2 aromatic rings. The number of benzene rings is 1. The van der Waals surface area contributed by atoms with Crippen LogP contribution in [0.25, 0.3) is 0 Å². The second-order valence-electron chi connectivity index (χ2n) is 4.43. The number of imidazole rings is 1. The largest absolute Gasteiger partial charge is 0.508 e. The molecule has 1 aromatic heterocycles. The number of H-pyrrole nitrogens is 1. The second kappa shape index (κ2) is 7.54. The van der Waals surface area contributed by atoms with Crippen LogP contribution >= 0.6 is 0 Å². The van der Waals surface area contributed by atoms with Crippen molar-refractivity contribution >= 4 is 0 Å². The zero-order valence-corrected chi connectivity index (χ0v) is 11.4. The highest BCUT2D eigenvalue weighted by molar-refractivity contribution is 5.24. The monoisotopic (exact) mass is 246 g/mol. The van der Waals surface area contributed by atoms with Gasteiger partial charge in [0.25, 0.3) is 0 Å². The number of hydrogen-bond donors (Lipinski definition) is 2. The average Bonchev–Trinajstić information content (AvgIpc) is 2.77. The van der Waals surface area contributed by atoms with Crippen LogP contribution in [0.2, 0.25) is 0 Å². The van der Waals surface area contributed by atoms with Crippen molar-refractivity contribution in [3.63, 3.8) is 0 Å². The highest BCUT2D eigenvalue weighted by atomic mass is 16.3. The summed E-state index contributed by atoms with van der Waals surface area (Å²) in [5, 5.41) is 8.76. The summed E-state index contributed by atoms with van der Waals surface area (Å²) in [5.74, 6) is 1.35. The SMILES string of the molecule is CCCCc1cnc(C)[nH]1.Cc1ccc(O)cc1. The third kappa shape index (κ3) is 5.53. The molecule has 0 aliphatic heterocycles. The van der Waals surface area contributed by atoms with Gasteiger partial charge in [-0.2, -0.15) is 0 Å². The molecule has 3 nitrogen and oxygen atoms in total. The van der Waals surface area contributed by atoms with Crippen LogP contribution in [-0.4, -0.2) is 15.1 Å². The van der Waals surface area contributed by atoms with E-state index >= 15 is 0 Å². The van der Waals surface area contributed by atoms with Crippen molar-refractivity contribution in [3.05, 3.63) is 47.5 Å². The molecule has 0 amide bonds. The van der Waals surface area contributed by atoms with E-state index in [1.165, 1.54) is 24.1 Å². The highest BCUT2D eigenvalue weighted by Crippen LogP contribution is 2.07.